The Hall–Kier alpha value is -1.50. The topological polar surface area (TPSA) is 70.8 Å². The van der Waals surface area contributed by atoms with Gasteiger partial charge in [0.15, 0.2) is 0 Å². The number of rotatable bonds is 5. The Morgan fingerprint density at radius 1 is 1.29 bits per heavy atom. The van der Waals surface area contributed by atoms with Crippen molar-refractivity contribution >= 4 is 5.97 Å². The number of hydrogen-bond acceptors (Lipinski definition) is 5. The maximum absolute atomic E-state index is 13.1. The van der Waals surface area contributed by atoms with Gasteiger partial charge in [-0.25, -0.2) is 4.39 Å². The van der Waals surface area contributed by atoms with Crippen LogP contribution < -0.4 is 5.73 Å². The van der Waals surface area contributed by atoms with Crippen molar-refractivity contribution in [1.82, 2.24) is 0 Å². The first kappa shape index (κ1) is 18.8. The molecule has 0 radical (unpaired) electrons. The zero-order chi connectivity index (χ0) is 17.5. The van der Waals surface area contributed by atoms with Gasteiger partial charge in [-0.3, -0.25) is 4.79 Å². The molecule has 5 nitrogen and oxygen atoms in total. The minimum absolute atomic E-state index is 0.101. The Bertz CT molecular complexity index is 522. The van der Waals surface area contributed by atoms with Crippen LogP contribution in [-0.4, -0.2) is 44.0 Å². The molecule has 24 heavy (non-hydrogen) atoms. The van der Waals surface area contributed by atoms with Crippen molar-refractivity contribution in [2.45, 2.75) is 44.9 Å². The number of hydrogen-bond donors (Lipinski definition) is 1. The molecule has 1 heterocycles. The highest BCUT2D eigenvalue weighted by atomic mass is 19.1. The molecular formula is C18H26FNO4. The predicted molar refractivity (Wildman–Crippen MR) is 88.0 cm³/mol. The van der Waals surface area contributed by atoms with E-state index in [1.165, 1.54) is 12.1 Å². The molecule has 1 saturated heterocycles. The first-order valence-electron chi connectivity index (χ1n) is 8.41. The molecule has 1 fully saturated rings. The zero-order valence-corrected chi connectivity index (χ0v) is 14.2. The van der Waals surface area contributed by atoms with Crippen LogP contribution in [0.5, 0.6) is 0 Å². The molecule has 134 valence electrons. The number of carbonyl (C=O) groups is 1. The van der Waals surface area contributed by atoms with Crippen molar-refractivity contribution in [1.29, 1.82) is 0 Å². The van der Waals surface area contributed by atoms with Crippen LogP contribution >= 0.6 is 0 Å². The van der Waals surface area contributed by atoms with E-state index in [0.29, 0.717) is 19.6 Å². The van der Waals surface area contributed by atoms with Crippen LogP contribution in [0, 0.1) is 11.7 Å². The number of cyclic esters (lactones) is 1. The summed E-state index contributed by atoms with van der Waals surface area (Å²) in [6.45, 7) is 4.93. The molecule has 0 aromatic heterocycles. The van der Waals surface area contributed by atoms with E-state index in [9.17, 15) is 9.18 Å². The fourth-order valence-corrected chi connectivity index (χ4v) is 2.79. The minimum Gasteiger partial charge on any atom is -0.461 e. The molecule has 4 atom stereocenters. The molecule has 0 saturated carbocycles. The third-order valence-electron chi connectivity index (χ3n) is 4.19. The van der Waals surface area contributed by atoms with Crippen molar-refractivity contribution in [3.8, 4) is 0 Å². The third-order valence-corrected chi connectivity index (χ3v) is 4.19. The van der Waals surface area contributed by atoms with Gasteiger partial charge in [-0.05, 0) is 37.5 Å². The van der Waals surface area contributed by atoms with Gasteiger partial charge in [-0.15, -0.1) is 0 Å². The monoisotopic (exact) mass is 339 g/mol. The number of nitrogens with two attached hydrogens (primary N) is 1. The number of halogens is 1. The van der Waals surface area contributed by atoms with Gasteiger partial charge in [0.05, 0.1) is 19.3 Å². The summed E-state index contributed by atoms with van der Waals surface area (Å²) in [5.74, 6) is -0.847. The fourth-order valence-electron chi connectivity index (χ4n) is 2.79. The van der Waals surface area contributed by atoms with Crippen LogP contribution in [0.3, 0.4) is 0 Å². The lowest BCUT2D eigenvalue weighted by atomic mass is 9.89. The Kier molecular flexibility index (Phi) is 7.15. The zero-order valence-electron chi connectivity index (χ0n) is 14.2. The van der Waals surface area contributed by atoms with Crippen molar-refractivity contribution in [2.75, 3.05) is 19.8 Å². The van der Waals surface area contributed by atoms with Crippen LogP contribution in [0.1, 0.15) is 25.8 Å². The first-order chi connectivity index (χ1) is 11.5. The highest BCUT2D eigenvalue weighted by Gasteiger charge is 2.33. The number of esters is 1. The summed E-state index contributed by atoms with van der Waals surface area (Å²) in [7, 11) is 0. The van der Waals surface area contributed by atoms with E-state index < -0.39 is 12.0 Å². The summed E-state index contributed by atoms with van der Waals surface area (Å²) >= 11 is 0. The molecule has 2 N–H and O–H groups in total. The molecule has 2 rings (SSSR count). The SMILES string of the molecule is CCCOC1COCC(N)C(=O)OC(C)C1Cc1ccc(F)cc1. The molecule has 1 aromatic carbocycles. The van der Waals surface area contributed by atoms with Gasteiger partial charge in [0.25, 0.3) is 0 Å². The lowest BCUT2D eigenvalue weighted by Crippen LogP contribution is -2.40. The minimum atomic E-state index is -0.788. The predicted octanol–water partition coefficient (Wildman–Crippen LogP) is 2.07. The summed E-state index contributed by atoms with van der Waals surface area (Å²) in [6.07, 6.45) is 0.884. The summed E-state index contributed by atoms with van der Waals surface area (Å²) in [6, 6.07) is 5.54. The van der Waals surface area contributed by atoms with Crippen molar-refractivity contribution in [3.63, 3.8) is 0 Å². The van der Waals surface area contributed by atoms with Crippen molar-refractivity contribution in [3.05, 3.63) is 35.6 Å². The Labute approximate surface area is 142 Å². The average Bonchev–Trinajstić information content (AvgIpc) is 2.60. The smallest absolute Gasteiger partial charge is 0.325 e. The van der Waals surface area contributed by atoms with Gasteiger partial charge in [0, 0.05) is 12.5 Å². The van der Waals surface area contributed by atoms with Gasteiger partial charge in [0.2, 0.25) is 0 Å². The van der Waals surface area contributed by atoms with Crippen LogP contribution in [0.4, 0.5) is 4.39 Å². The number of ether oxygens (including phenoxy) is 3. The van der Waals surface area contributed by atoms with Gasteiger partial charge in [0.1, 0.15) is 18.0 Å². The van der Waals surface area contributed by atoms with Gasteiger partial charge in [-0.1, -0.05) is 19.1 Å². The van der Waals surface area contributed by atoms with E-state index in [1.54, 1.807) is 12.1 Å². The molecule has 0 bridgehead atoms. The van der Waals surface area contributed by atoms with E-state index in [-0.39, 0.29) is 30.5 Å². The normalized spacial score (nSPS) is 28.6. The Morgan fingerprint density at radius 2 is 2.00 bits per heavy atom. The second-order valence-corrected chi connectivity index (χ2v) is 6.19. The van der Waals surface area contributed by atoms with Gasteiger partial charge in [-0.2, -0.15) is 0 Å². The van der Waals surface area contributed by atoms with Gasteiger partial charge < -0.3 is 19.9 Å². The van der Waals surface area contributed by atoms with E-state index in [0.717, 1.165) is 12.0 Å². The van der Waals surface area contributed by atoms with E-state index in [4.69, 9.17) is 19.9 Å². The van der Waals surface area contributed by atoms with Gasteiger partial charge >= 0.3 is 5.97 Å². The fraction of sp³-hybridized carbons (Fsp3) is 0.611. The second kappa shape index (κ2) is 9.11. The van der Waals surface area contributed by atoms with Crippen LogP contribution in [0.2, 0.25) is 0 Å². The Balaban J connectivity index is 2.19. The summed E-state index contributed by atoms with van der Waals surface area (Å²) in [4.78, 5) is 12.0. The first-order valence-corrected chi connectivity index (χ1v) is 8.41. The molecule has 6 heteroatoms. The highest BCUT2D eigenvalue weighted by molar-refractivity contribution is 5.75. The van der Waals surface area contributed by atoms with E-state index >= 15 is 0 Å². The van der Waals surface area contributed by atoms with E-state index in [1.807, 2.05) is 13.8 Å². The molecule has 0 aliphatic carbocycles. The van der Waals surface area contributed by atoms with E-state index in [2.05, 4.69) is 0 Å². The largest absolute Gasteiger partial charge is 0.461 e. The van der Waals surface area contributed by atoms with Crippen molar-refractivity contribution < 1.29 is 23.4 Å². The lowest BCUT2D eigenvalue weighted by molar-refractivity contribution is -0.154. The quantitative estimate of drug-likeness (QED) is 0.832. The third kappa shape index (κ3) is 5.26. The maximum Gasteiger partial charge on any atom is 0.325 e. The number of carbonyl (C=O) groups excluding carboxylic acids is 1. The molecule has 1 aliphatic rings. The van der Waals surface area contributed by atoms with Crippen molar-refractivity contribution in [2.24, 2.45) is 11.7 Å². The standard InChI is InChI=1S/C18H26FNO4/c1-3-8-23-17-11-22-10-16(20)18(21)24-12(2)15(17)9-13-4-6-14(19)7-5-13/h4-7,12,15-17H,3,8-11,20H2,1-2H3. The lowest BCUT2D eigenvalue weighted by Gasteiger charge is -2.30. The van der Waals surface area contributed by atoms with Crippen LogP contribution in [0.25, 0.3) is 0 Å². The average molecular weight is 339 g/mol. The summed E-state index contributed by atoms with van der Waals surface area (Å²) in [5, 5.41) is 0. The van der Waals surface area contributed by atoms with Crippen LogP contribution in [-0.2, 0) is 25.4 Å². The maximum atomic E-state index is 13.1. The molecule has 1 aromatic rings. The Morgan fingerprint density at radius 3 is 2.67 bits per heavy atom. The number of benzene rings is 1. The molecule has 1 aliphatic heterocycles. The molecule has 4 unspecified atom stereocenters. The summed E-state index contributed by atoms with van der Waals surface area (Å²) in [5.41, 5.74) is 6.71. The second-order valence-electron chi connectivity index (χ2n) is 6.19. The molecular weight excluding hydrogens is 313 g/mol. The molecule has 0 amide bonds. The highest BCUT2D eigenvalue weighted by Crippen LogP contribution is 2.24. The van der Waals surface area contributed by atoms with Crippen LogP contribution in [0.15, 0.2) is 24.3 Å². The summed E-state index contributed by atoms with van der Waals surface area (Å²) < 4.78 is 30.1. The molecule has 0 spiro atoms.